The van der Waals surface area contributed by atoms with Gasteiger partial charge in [0.15, 0.2) is 0 Å². The number of hydrogen-bond acceptors (Lipinski definition) is 6. The number of aryl methyl sites for hydroxylation is 1. The second kappa shape index (κ2) is 8.49. The molecule has 1 N–H and O–H groups in total. The van der Waals surface area contributed by atoms with Crippen LogP contribution < -0.4 is 5.32 Å². The molecule has 1 fully saturated rings. The number of ether oxygens (including phenoxy) is 1. The Labute approximate surface area is 175 Å². The van der Waals surface area contributed by atoms with Gasteiger partial charge in [0.2, 0.25) is 0 Å². The number of para-hydroxylation sites is 1. The zero-order chi connectivity index (χ0) is 20.4. The average molecular weight is 410 g/mol. The van der Waals surface area contributed by atoms with Gasteiger partial charge in [0.1, 0.15) is 28.0 Å². The number of carbonyl (C=O) groups excluding carboxylic acids is 1. The Kier molecular flexibility index (Phi) is 5.81. The summed E-state index contributed by atoms with van der Waals surface area (Å²) in [6.45, 7) is 6.30. The van der Waals surface area contributed by atoms with E-state index in [9.17, 15) is 4.79 Å². The fraction of sp³-hybridized carbons (Fsp3) is 0.435. The first-order chi connectivity index (χ1) is 14.0. The van der Waals surface area contributed by atoms with E-state index in [1.165, 1.54) is 23.3 Å². The van der Waals surface area contributed by atoms with Crippen LogP contribution in [0.2, 0.25) is 0 Å². The number of esters is 1. The Balaban J connectivity index is 1.66. The minimum Gasteiger partial charge on any atom is -0.458 e. The van der Waals surface area contributed by atoms with Crippen molar-refractivity contribution in [1.29, 1.82) is 0 Å². The molecule has 6 heteroatoms. The highest BCUT2D eigenvalue weighted by Gasteiger charge is 2.24. The normalized spacial score (nSPS) is 15.0. The predicted octanol–water partition coefficient (Wildman–Crippen LogP) is 6.36. The molecular weight excluding hydrogens is 382 g/mol. The maximum Gasteiger partial charge on any atom is 0.348 e. The van der Waals surface area contributed by atoms with Crippen molar-refractivity contribution in [2.24, 2.45) is 0 Å². The number of anilines is 2. The van der Waals surface area contributed by atoms with Gasteiger partial charge in [-0.15, -0.1) is 11.3 Å². The van der Waals surface area contributed by atoms with E-state index in [1.807, 2.05) is 19.1 Å². The minimum absolute atomic E-state index is 0.0439. The first-order valence-corrected chi connectivity index (χ1v) is 11.2. The smallest absolute Gasteiger partial charge is 0.348 e. The lowest BCUT2D eigenvalue weighted by Gasteiger charge is -2.21. The summed E-state index contributed by atoms with van der Waals surface area (Å²) in [5.74, 6) is 0.889. The Hall–Kier alpha value is -2.47. The molecule has 0 amide bonds. The van der Waals surface area contributed by atoms with E-state index >= 15 is 0 Å². The van der Waals surface area contributed by atoms with Crippen LogP contribution in [0, 0.1) is 6.92 Å². The van der Waals surface area contributed by atoms with Crippen molar-refractivity contribution in [3.63, 3.8) is 0 Å². The van der Waals surface area contributed by atoms with Crippen LogP contribution in [0.4, 0.5) is 11.5 Å². The number of carbonyl (C=O) groups is 1. The zero-order valence-corrected chi connectivity index (χ0v) is 18.0. The molecule has 0 spiro atoms. The number of aromatic nitrogens is 2. The van der Waals surface area contributed by atoms with Crippen LogP contribution in [0.3, 0.4) is 0 Å². The molecule has 0 saturated heterocycles. The van der Waals surface area contributed by atoms with Gasteiger partial charge in [-0.1, -0.05) is 38.5 Å². The molecule has 4 rings (SSSR count). The second-order valence-electron chi connectivity index (χ2n) is 7.99. The molecule has 0 atom stereocenters. The van der Waals surface area contributed by atoms with E-state index in [2.05, 4.69) is 41.3 Å². The number of fused-ring (bicyclic) bond motifs is 1. The summed E-state index contributed by atoms with van der Waals surface area (Å²) < 4.78 is 5.80. The van der Waals surface area contributed by atoms with E-state index in [4.69, 9.17) is 4.74 Å². The topological polar surface area (TPSA) is 64.1 Å². The van der Waals surface area contributed by atoms with Gasteiger partial charge in [0.05, 0.1) is 5.39 Å². The Morgan fingerprint density at radius 3 is 2.69 bits per heavy atom. The summed E-state index contributed by atoms with van der Waals surface area (Å²) in [5, 5.41) is 4.37. The molecule has 3 aromatic rings. The standard InChI is InChI=1S/C23H27N3O2S/c1-14(2)17-11-7-8-12-18(17)26-21-19-15(3)20(29-22(19)25-13-24-21)23(27)28-16-9-5-4-6-10-16/h7-8,11-14,16H,4-6,9-10H2,1-3H3,(H,24,25,26). The van der Waals surface area contributed by atoms with Crippen LogP contribution in [-0.2, 0) is 4.74 Å². The molecule has 1 aliphatic carbocycles. The maximum absolute atomic E-state index is 12.8. The lowest BCUT2D eigenvalue weighted by atomic mass is 9.98. The third-order valence-corrected chi connectivity index (χ3v) is 6.75. The van der Waals surface area contributed by atoms with Gasteiger partial charge in [0.25, 0.3) is 0 Å². The molecule has 1 aromatic carbocycles. The Bertz CT molecular complexity index is 1020. The third kappa shape index (κ3) is 4.13. The average Bonchev–Trinajstić information content (AvgIpc) is 3.07. The second-order valence-corrected chi connectivity index (χ2v) is 8.99. The molecule has 5 nitrogen and oxygen atoms in total. The van der Waals surface area contributed by atoms with Gasteiger partial charge < -0.3 is 10.1 Å². The molecule has 1 aliphatic rings. The van der Waals surface area contributed by atoms with Crippen molar-refractivity contribution in [2.45, 2.75) is 64.9 Å². The molecule has 0 unspecified atom stereocenters. The molecule has 2 heterocycles. The van der Waals surface area contributed by atoms with Gasteiger partial charge in [-0.2, -0.15) is 0 Å². The van der Waals surface area contributed by atoms with Gasteiger partial charge in [-0.05, 0) is 55.7 Å². The summed E-state index contributed by atoms with van der Waals surface area (Å²) in [5.41, 5.74) is 3.14. The molecule has 0 bridgehead atoms. The number of benzene rings is 1. The van der Waals surface area contributed by atoms with Crippen molar-refractivity contribution >= 4 is 39.0 Å². The van der Waals surface area contributed by atoms with Gasteiger partial charge in [-0.25, -0.2) is 14.8 Å². The quantitative estimate of drug-likeness (QED) is 0.497. The summed E-state index contributed by atoms with van der Waals surface area (Å²) in [4.78, 5) is 23.2. The lowest BCUT2D eigenvalue weighted by molar-refractivity contribution is 0.0216. The van der Waals surface area contributed by atoms with Crippen molar-refractivity contribution in [3.05, 3.63) is 46.6 Å². The largest absolute Gasteiger partial charge is 0.458 e. The first kappa shape index (κ1) is 19.8. The van der Waals surface area contributed by atoms with Crippen LogP contribution in [0.1, 0.15) is 72.7 Å². The Morgan fingerprint density at radius 1 is 1.17 bits per heavy atom. The summed E-state index contributed by atoms with van der Waals surface area (Å²) in [6, 6.07) is 8.24. The van der Waals surface area contributed by atoms with E-state index in [0.717, 1.165) is 53.0 Å². The van der Waals surface area contributed by atoms with Crippen LogP contribution in [0.5, 0.6) is 0 Å². The van der Waals surface area contributed by atoms with Crippen molar-refractivity contribution in [3.8, 4) is 0 Å². The molecule has 2 aromatic heterocycles. The lowest BCUT2D eigenvalue weighted by Crippen LogP contribution is -2.20. The number of nitrogens with one attached hydrogen (secondary N) is 1. The SMILES string of the molecule is Cc1c(C(=O)OC2CCCCC2)sc2ncnc(Nc3ccccc3C(C)C)c12. The molecular formula is C23H27N3O2S. The molecule has 0 aliphatic heterocycles. The van der Waals surface area contributed by atoms with Crippen molar-refractivity contribution in [2.75, 3.05) is 5.32 Å². The van der Waals surface area contributed by atoms with E-state index in [-0.39, 0.29) is 12.1 Å². The van der Waals surface area contributed by atoms with Crippen LogP contribution in [0.15, 0.2) is 30.6 Å². The monoisotopic (exact) mass is 409 g/mol. The van der Waals surface area contributed by atoms with Crippen molar-refractivity contribution < 1.29 is 9.53 Å². The highest BCUT2D eigenvalue weighted by atomic mass is 32.1. The molecule has 1 saturated carbocycles. The van der Waals surface area contributed by atoms with E-state index in [0.29, 0.717) is 10.8 Å². The summed E-state index contributed by atoms with van der Waals surface area (Å²) in [6.07, 6.45) is 7.04. The molecule has 152 valence electrons. The fourth-order valence-corrected chi connectivity index (χ4v) is 5.02. The summed E-state index contributed by atoms with van der Waals surface area (Å²) >= 11 is 1.39. The van der Waals surface area contributed by atoms with E-state index in [1.54, 1.807) is 6.33 Å². The Morgan fingerprint density at radius 2 is 1.93 bits per heavy atom. The van der Waals surface area contributed by atoms with Crippen LogP contribution >= 0.6 is 11.3 Å². The molecule has 0 radical (unpaired) electrons. The number of nitrogens with zero attached hydrogens (tertiary/aromatic N) is 2. The maximum atomic E-state index is 12.8. The minimum atomic E-state index is -0.231. The zero-order valence-electron chi connectivity index (χ0n) is 17.2. The number of rotatable bonds is 5. The highest BCUT2D eigenvalue weighted by molar-refractivity contribution is 7.20. The van der Waals surface area contributed by atoms with Gasteiger partial charge in [-0.3, -0.25) is 0 Å². The first-order valence-electron chi connectivity index (χ1n) is 10.4. The van der Waals surface area contributed by atoms with E-state index < -0.39 is 0 Å². The highest BCUT2D eigenvalue weighted by Crippen LogP contribution is 2.36. The van der Waals surface area contributed by atoms with Crippen LogP contribution in [0.25, 0.3) is 10.2 Å². The number of thiophene rings is 1. The van der Waals surface area contributed by atoms with Gasteiger partial charge >= 0.3 is 5.97 Å². The van der Waals surface area contributed by atoms with Gasteiger partial charge in [0, 0.05) is 5.69 Å². The fourth-order valence-electron chi connectivity index (χ4n) is 3.99. The molecule has 29 heavy (non-hydrogen) atoms. The predicted molar refractivity (Wildman–Crippen MR) is 118 cm³/mol. The third-order valence-electron chi connectivity index (χ3n) is 5.57. The van der Waals surface area contributed by atoms with Crippen molar-refractivity contribution in [1.82, 2.24) is 9.97 Å². The number of hydrogen-bond donors (Lipinski definition) is 1. The summed E-state index contributed by atoms with van der Waals surface area (Å²) in [7, 11) is 0. The van der Waals surface area contributed by atoms with Crippen LogP contribution in [-0.4, -0.2) is 22.0 Å².